The lowest BCUT2D eigenvalue weighted by atomic mass is 10.2. The molecule has 0 aliphatic rings. The van der Waals surface area contributed by atoms with E-state index >= 15 is 0 Å². The molecule has 0 saturated heterocycles. The van der Waals surface area contributed by atoms with Gasteiger partial charge in [0, 0.05) is 16.2 Å². The van der Waals surface area contributed by atoms with Crippen molar-refractivity contribution < 1.29 is 9.90 Å². The molecule has 7 heteroatoms. The Balaban J connectivity index is 1.83. The number of amides is 1. The van der Waals surface area contributed by atoms with E-state index in [1.165, 1.54) is 18.0 Å². The molecule has 2 aromatic rings. The van der Waals surface area contributed by atoms with E-state index in [1.807, 2.05) is 18.2 Å². The Hall–Kier alpha value is -1.86. The highest BCUT2D eigenvalue weighted by Gasteiger charge is 2.02. The van der Waals surface area contributed by atoms with Crippen LogP contribution in [-0.4, -0.2) is 28.0 Å². The number of carbonyl (C=O) groups is 1. The van der Waals surface area contributed by atoms with E-state index < -0.39 is 0 Å². The molecule has 0 aliphatic heterocycles. The van der Waals surface area contributed by atoms with Crippen molar-refractivity contribution in [3.05, 3.63) is 52.6 Å². The van der Waals surface area contributed by atoms with Gasteiger partial charge < -0.3 is 5.11 Å². The fourth-order valence-corrected chi connectivity index (χ4v) is 2.44. The molecule has 0 unspecified atom stereocenters. The second-order valence-electron chi connectivity index (χ2n) is 3.95. The quantitative estimate of drug-likeness (QED) is 0.485. The van der Waals surface area contributed by atoms with Gasteiger partial charge in [0.15, 0.2) is 0 Å². The van der Waals surface area contributed by atoms with Crippen LogP contribution in [0.2, 0.25) is 0 Å². The molecule has 1 aromatic heterocycles. The second kappa shape index (κ2) is 7.80. The van der Waals surface area contributed by atoms with Gasteiger partial charge in [0.25, 0.3) is 0 Å². The molecule has 0 spiro atoms. The van der Waals surface area contributed by atoms with Gasteiger partial charge in [-0.1, -0.05) is 33.8 Å². The van der Waals surface area contributed by atoms with E-state index in [-0.39, 0.29) is 17.4 Å². The van der Waals surface area contributed by atoms with E-state index in [4.69, 9.17) is 0 Å². The summed E-state index contributed by atoms with van der Waals surface area (Å²) in [6, 6.07) is 10.5. The number of nitrogens with zero attached hydrogens (tertiary/aromatic N) is 2. The Labute approximate surface area is 134 Å². The third kappa shape index (κ3) is 5.20. The summed E-state index contributed by atoms with van der Waals surface area (Å²) in [6.07, 6.45) is 3.07. The van der Waals surface area contributed by atoms with Crippen molar-refractivity contribution in [2.45, 2.75) is 5.03 Å². The largest absolute Gasteiger partial charge is 0.507 e. The van der Waals surface area contributed by atoms with Crippen molar-refractivity contribution in [3.8, 4) is 5.75 Å². The number of pyridine rings is 1. The minimum Gasteiger partial charge on any atom is -0.507 e. The van der Waals surface area contributed by atoms with Gasteiger partial charge in [-0.3, -0.25) is 4.79 Å². The lowest BCUT2D eigenvalue weighted by Crippen LogP contribution is -2.19. The number of aromatic hydroxyl groups is 1. The van der Waals surface area contributed by atoms with Crippen LogP contribution < -0.4 is 5.43 Å². The smallest absolute Gasteiger partial charge is 0.250 e. The van der Waals surface area contributed by atoms with Gasteiger partial charge in [0.05, 0.1) is 17.0 Å². The lowest BCUT2D eigenvalue weighted by molar-refractivity contribution is -0.118. The van der Waals surface area contributed by atoms with E-state index in [2.05, 4.69) is 31.4 Å². The summed E-state index contributed by atoms with van der Waals surface area (Å²) in [5.74, 6) is 0.0779. The molecule has 108 valence electrons. The van der Waals surface area contributed by atoms with Crippen LogP contribution in [0.3, 0.4) is 0 Å². The van der Waals surface area contributed by atoms with E-state index in [0.29, 0.717) is 5.56 Å². The summed E-state index contributed by atoms with van der Waals surface area (Å²) in [7, 11) is 0. The van der Waals surface area contributed by atoms with Gasteiger partial charge in [0.2, 0.25) is 5.91 Å². The van der Waals surface area contributed by atoms with Crippen molar-refractivity contribution in [1.29, 1.82) is 0 Å². The van der Waals surface area contributed by atoms with Crippen LogP contribution in [0.25, 0.3) is 0 Å². The van der Waals surface area contributed by atoms with Crippen LogP contribution in [0.5, 0.6) is 5.75 Å². The highest BCUT2D eigenvalue weighted by molar-refractivity contribution is 9.10. The number of thioether (sulfide) groups is 1. The molecule has 1 heterocycles. The number of benzene rings is 1. The van der Waals surface area contributed by atoms with Gasteiger partial charge in [-0.2, -0.15) is 5.10 Å². The standard InChI is InChI=1S/C14H12BrN3O2S/c15-11-4-5-12(19)10(7-11)8-17-18-13(20)9-21-14-3-1-2-6-16-14/h1-8,19H,9H2,(H,18,20). The number of aromatic nitrogens is 1. The fourth-order valence-electron chi connectivity index (χ4n) is 1.41. The van der Waals surface area contributed by atoms with Crippen LogP contribution in [0.15, 0.2) is 57.2 Å². The first kappa shape index (κ1) is 15.5. The third-order valence-electron chi connectivity index (χ3n) is 2.37. The zero-order valence-electron chi connectivity index (χ0n) is 10.9. The fraction of sp³-hybridized carbons (Fsp3) is 0.0714. The van der Waals surface area contributed by atoms with Crippen LogP contribution in [0.1, 0.15) is 5.56 Å². The van der Waals surface area contributed by atoms with Crippen LogP contribution in [0, 0.1) is 0 Å². The van der Waals surface area contributed by atoms with Crippen molar-refractivity contribution in [1.82, 2.24) is 10.4 Å². The number of nitrogens with one attached hydrogen (secondary N) is 1. The molecular formula is C14H12BrN3O2S. The summed E-state index contributed by atoms with van der Waals surface area (Å²) in [5, 5.41) is 14.2. The molecule has 0 radical (unpaired) electrons. The Kier molecular flexibility index (Phi) is 5.77. The highest BCUT2D eigenvalue weighted by atomic mass is 79.9. The Morgan fingerprint density at radius 1 is 1.43 bits per heavy atom. The predicted octanol–water partition coefficient (Wildman–Crippen LogP) is 2.79. The van der Waals surface area contributed by atoms with Crippen LogP contribution >= 0.6 is 27.7 Å². The summed E-state index contributed by atoms with van der Waals surface area (Å²) in [5.41, 5.74) is 2.92. The normalized spacial score (nSPS) is 10.7. The summed E-state index contributed by atoms with van der Waals surface area (Å²) >= 11 is 4.62. The Bertz CT molecular complexity index is 650. The maximum atomic E-state index is 11.6. The molecule has 0 aliphatic carbocycles. The van der Waals surface area contributed by atoms with Crippen molar-refractivity contribution in [2.24, 2.45) is 5.10 Å². The molecular weight excluding hydrogens is 354 g/mol. The number of hydrogen-bond acceptors (Lipinski definition) is 5. The van der Waals surface area contributed by atoms with Gasteiger partial charge in [-0.15, -0.1) is 0 Å². The molecule has 2 N–H and O–H groups in total. The molecule has 2 rings (SSSR count). The summed E-state index contributed by atoms with van der Waals surface area (Å²) in [4.78, 5) is 15.7. The number of phenolic OH excluding ortho intramolecular Hbond substituents is 1. The van der Waals surface area contributed by atoms with Crippen molar-refractivity contribution in [2.75, 3.05) is 5.75 Å². The van der Waals surface area contributed by atoms with Gasteiger partial charge in [-0.25, -0.2) is 10.4 Å². The average Bonchev–Trinajstić information content (AvgIpc) is 2.50. The number of hydrogen-bond donors (Lipinski definition) is 2. The molecule has 21 heavy (non-hydrogen) atoms. The molecule has 1 amide bonds. The van der Waals surface area contributed by atoms with Crippen LogP contribution in [0.4, 0.5) is 0 Å². The number of hydrazone groups is 1. The average molecular weight is 366 g/mol. The number of rotatable bonds is 5. The molecule has 0 fully saturated rings. The Morgan fingerprint density at radius 3 is 3.05 bits per heavy atom. The van der Waals surface area contributed by atoms with Crippen molar-refractivity contribution in [3.63, 3.8) is 0 Å². The monoisotopic (exact) mass is 365 g/mol. The predicted molar refractivity (Wildman–Crippen MR) is 86.5 cm³/mol. The number of halogens is 1. The maximum Gasteiger partial charge on any atom is 0.250 e. The highest BCUT2D eigenvalue weighted by Crippen LogP contribution is 2.20. The van der Waals surface area contributed by atoms with Crippen molar-refractivity contribution >= 4 is 39.8 Å². The van der Waals surface area contributed by atoms with Gasteiger partial charge in [0.1, 0.15) is 5.75 Å². The van der Waals surface area contributed by atoms with E-state index in [0.717, 1.165) is 9.50 Å². The molecule has 1 aromatic carbocycles. The van der Waals surface area contributed by atoms with Gasteiger partial charge >= 0.3 is 0 Å². The van der Waals surface area contributed by atoms with E-state index in [1.54, 1.807) is 24.4 Å². The van der Waals surface area contributed by atoms with E-state index in [9.17, 15) is 9.90 Å². The van der Waals surface area contributed by atoms with Crippen LogP contribution in [-0.2, 0) is 4.79 Å². The van der Waals surface area contributed by atoms with Gasteiger partial charge in [-0.05, 0) is 30.3 Å². The minimum atomic E-state index is -0.239. The minimum absolute atomic E-state index is 0.0964. The maximum absolute atomic E-state index is 11.6. The second-order valence-corrected chi connectivity index (χ2v) is 5.86. The SMILES string of the molecule is O=C(CSc1ccccn1)NN=Cc1cc(Br)ccc1O. The zero-order chi connectivity index (χ0) is 15.1. The first-order valence-corrected chi connectivity index (χ1v) is 7.77. The molecule has 0 saturated carbocycles. The first-order valence-electron chi connectivity index (χ1n) is 5.99. The summed E-state index contributed by atoms with van der Waals surface area (Å²) < 4.78 is 0.818. The topological polar surface area (TPSA) is 74.6 Å². The number of phenols is 1. The zero-order valence-corrected chi connectivity index (χ0v) is 13.3. The number of carbonyl (C=O) groups excluding carboxylic acids is 1. The first-order chi connectivity index (χ1) is 10.1. The summed E-state index contributed by atoms with van der Waals surface area (Å²) in [6.45, 7) is 0. The lowest BCUT2D eigenvalue weighted by Gasteiger charge is -2.01. The third-order valence-corrected chi connectivity index (χ3v) is 3.81. The molecule has 0 bridgehead atoms. The molecule has 5 nitrogen and oxygen atoms in total. The Morgan fingerprint density at radius 2 is 2.29 bits per heavy atom. The molecule has 0 atom stereocenters.